The Hall–Kier alpha value is -2.91. The number of aromatic nitrogens is 2. The first-order chi connectivity index (χ1) is 14.5. The molecule has 1 saturated heterocycles. The van der Waals surface area contributed by atoms with Gasteiger partial charge in [-0.3, -0.25) is 4.90 Å². The lowest BCUT2D eigenvalue weighted by atomic mass is 10.1. The number of fused-ring (bicyclic) bond motifs is 1. The summed E-state index contributed by atoms with van der Waals surface area (Å²) in [4.78, 5) is 24.1. The highest BCUT2D eigenvalue weighted by atomic mass is 32.1. The molecule has 0 aliphatic carbocycles. The van der Waals surface area contributed by atoms with Crippen molar-refractivity contribution in [2.45, 2.75) is 25.9 Å². The largest absolute Gasteiger partial charge is 0.492 e. The fourth-order valence-electron chi connectivity index (χ4n) is 3.60. The van der Waals surface area contributed by atoms with Gasteiger partial charge in [-0.05, 0) is 50.2 Å². The van der Waals surface area contributed by atoms with Crippen LogP contribution in [0.2, 0.25) is 0 Å². The molecule has 4 rings (SSSR count). The van der Waals surface area contributed by atoms with Crippen LogP contribution in [0.3, 0.4) is 0 Å². The third-order valence-electron chi connectivity index (χ3n) is 5.22. The molecule has 2 N–H and O–H groups in total. The van der Waals surface area contributed by atoms with Gasteiger partial charge in [0.2, 0.25) is 0 Å². The quantitative estimate of drug-likeness (QED) is 0.648. The van der Waals surface area contributed by atoms with Crippen LogP contribution in [0.4, 0.5) is 4.79 Å². The zero-order chi connectivity index (χ0) is 21.1. The van der Waals surface area contributed by atoms with Gasteiger partial charge in [0.25, 0.3) is 5.19 Å². The van der Waals surface area contributed by atoms with Gasteiger partial charge in [-0.1, -0.05) is 11.3 Å². The van der Waals surface area contributed by atoms with Gasteiger partial charge >= 0.3 is 6.03 Å². The molecular weight excluding hydrogens is 402 g/mol. The number of rotatable bonds is 6. The van der Waals surface area contributed by atoms with Crippen molar-refractivity contribution >= 4 is 27.7 Å². The molecule has 0 radical (unpaired) electrons. The Morgan fingerprint density at radius 3 is 2.67 bits per heavy atom. The van der Waals surface area contributed by atoms with Gasteiger partial charge in [0.05, 0.1) is 4.70 Å². The molecule has 8 nitrogen and oxygen atoms in total. The second-order valence-corrected chi connectivity index (χ2v) is 8.40. The van der Waals surface area contributed by atoms with E-state index in [1.165, 1.54) is 11.3 Å². The highest BCUT2D eigenvalue weighted by molar-refractivity contribution is 7.20. The van der Waals surface area contributed by atoms with Crippen molar-refractivity contribution in [3.63, 3.8) is 0 Å². The molecule has 3 heterocycles. The number of piperazine rings is 1. The Labute approximate surface area is 179 Å². The van der Waals surface area contributed by atoms with E-state index in [0.29, 0.717) is 29.7 Å². The smallest absolute Gasteiger partial charge is 0.315 e. The van der Waals surface area contributed by atoms with E-state index in [1.807, 2.05) is 43.3 Å². The van der Waals surface area contributed by atoms with Gasteiger partial charge in [0.15, 0.2) is 5.65 Å². The van der Waals surface area contributed by atoms with Gasteiger partial charge in [0.1, 0.15) is 18.1 Å². The lowest BCUT2D eigenvalue weighted by Gasteiger charge is -2.43. The Morgan fingerprint density at radius 2 is 1.93 bits per heavy atom. The molecule has 0 unspecified atom stereocenters. The predicted octanol–water partition coefficient (Wildman–Crippen LogP) is 3.34. The summed E-state index contributed by atoms with van der Waals surface area (Å²) in [6.07, 6.45) is 1.72. The number of primary amides is 1. The minimum absolute atomic E-state index is 0.104. The number of hydrogen-bond acceptors (Lipinski definition) is 7. The van der Waals surface area contributed by atoms with Crippen molar-refractivity contribution in [3.05, 3.63) is 42.6 Å². The molecule has 1 aliphatic heterocycles. The van der Waals surface area contributed by atoms with E-state index in [2.05, 4.69) is 21.8 Å². The van der Waals surface area contributed by atoms with Gasteiger partial charge in [0, 0.05) is 37.9 Å². The second kappa shape index (κ2) is 8.85. The summed E-state index contributed by atoms with van der Waals surface area (Å²) < 4.78 is 12.7. The highest BCUT2D eigenvalue weighted by Gasteiger charge is 2.30. The van der Waals surface area contributed by atoms with Crippen LogP contribution in [0.5, 0.6) is 16.7 Å². The molecule has 1 aliphatic rings. The van der Waals surface area contributed by atoms with Crippen molar-refractivity contribution in [2.24, 2.45) is 5.73 Å². The van der Waals surface area contributed by atoms with Crippen LogP contribution in [-0.4, -0.2) is 64.1 Å². The van der Waals surface area contributed by atoms with Crippen LogP contribution in [0.15, 0.2) is 42.6 Å². The summed E-state index contributed by atoms with van der Waals surface area (Å²) in [6.45, 7) is 6.91. The molecule has 2 atom stereocenters. The van der Waals surface area contributed by atoms with Crippen molar-refractivity contribution in [3.8, 4) is 16.7 Å². The third kappa shape index (κ3) is 4.63. The van der Waals surface area contributed by atoms with Crippen LogP contribution < -0.4 is 15.2 Å². The minimum Gasteiger partial charge on any atom is -0.492 e. The molecule has 0 bridgehead atoms. The summed E-state index contributed by atoms with van der Waals surface area (Å²) in [6, 6.07) is 11.4. The Balaban J connectivity index is 1.27. The van der Waals surface area contributed by atoms with Gasteiger partial charge in [-0.15, -0.1) is 0 Å². The van der Waals surface area contributed by atoms with Crippen molar-refractivity contribution < 1.29 is 14.3 Å². The van der Waals surface area contributed by atoms with Gasteiger partial charge < -0.3 is 20.1 Å². The number of amides is 2. The van der Waals surface area contributed by atoms with Crippen LogP contribution in [0.25, 0.3) is 10.3 Å². The lowest BCUT2D eigenvalue weighted by Crippen LogP contribution is -2.59. The number of nitrogens with two attached hydrogens (primary N) is 1. The van der Waals surface area contributed by atoms with E-state index in [9.17, 15) is 4.79 Å². The van der Waals surface area contributed by atoms with Crippen molar-refractivity contribution in [1.82, 2.24) is 19.8 Å². The number of carbonyl (C=O) groups excluding carboxylic acids is 1. The van der Waals surface area contributed by atoms with E-state index in [4.69, 9.17) is 15.2 Å². The molecule has 0 spiro atoms. The number of urea groups is 1. The Bertz CT molecular complexity index is 976. The minimum atomic E-state index is -0.352. The van der Waals surface area contributed by atoms with Crippen molar-refractivity contribution in [2.75, 3.05) is 26.2 Å². The maximum atomic E-state index is 11.5. The van der Waals surface area contributed by atoms with Crippen molar-refractivity contribution in [1.29, 1.82) is 0 Å². The summed E-state index contributed by atoms with van der Waals surface area (Å²) >= 11 is 1.46. The van der Waals surface area contributed by atoms with Crippen LogP contribution >= 0.6 is 11.3 Å². The number of ether oxygens (including phenoxy) is 2. The average molecular weight is 428 g/mol. The van der Waals surface area contributed by atoms with E-state index in [-0.39, 0.29) is 18.1 Å². The zero-order valence-corrected chi connectivity index (χ0v) is 17.8. The highest BCUT2D eigenvalue weighted by Crippen LogP contribution is 2.30. The average Bonchev–Trinajstić information content (AvgIpc) is 3.13. The van der Waals surface area contributed by atoms with E-state index in [1.54, 1.807) is 11.1 Å². The molecular formula is C21H25N5O3S. The predicted molar refractivity (Wildman–Crippen MR) is 116 cm³/mol. The molecule has 2 aromatic heterocycles. The fourth-order valence-corrected chi connectivity index (χ4v) is 4.39. The van der Waals surface area contributed by atoms with E-state index in [0.717, 1.165) is 23.5 Å². The lowest BCUT2D eigenvalue weighted by molar-refractivity contribution is 0.0570. The molecule has 2 amide bonds. The molecule has 1 aromatic carbocycles. The van der Waals surface area contributed by atoms with Crippen LogP contribution in [0, 0.1) is 0 Å². The van der Waals surface area contributed by atoms with E-state index < -0.39 is 0 Å². The first-order valence-electron chi connectivity index (χ1n) is 9.92. The number of pyridine rings is 1. The molecule has 9 heteroatoms. The normalized spacial score (nSPS) is 19.7. The Kier molecular flexibility index (Phi) is 6.01. The maximum absolute atomic E-state index is 11.5. The monoisotopic (exact) mass is 427 g/mol. The topological polar surface area (TPSA) is 93.8 Å². The summed E-state index contributed by atoms with van der Waals surface area (Å²) in [5, 5.41) is 0.565. The summed E-state index contributed by atoms with van der Waals surface area (Å²) in [5.74, 6) is 1.48. The van der Waals surface area contributed by atoms with E-state index >= 15 is 0 Å². The zero-order valence-electron chi connectivity index (χ0n) is 17.0. The standard InChI is InChI=1S/C21H25N5O3S/c1-14-13-26(20(22)27)15(2)12-25(14)10-11-28-16-5-7-17(8-6-16)29-21-24-19-18(30-21)4-3-9-23-19/h3-9,14-15H,10-13H2,1-2H3,(H2,22,27)/t14-,15-/m1/s1. The molecule has 30 heavy (non-hydrogen) atoms. The van der Waals surface area contributed by atoms with Crippen LogP contribution in [-0.2, 0) is 0 Å². The third-order valence-corrected chi connectivity index (χ3v) is 6.11. The molecule has 158 valence electrons. The first-order valence-corrected chi connectivity index (χ1v) is 10.7. The Morgan fingerprint density at radius 1 is 1.17 bits per heavy atom. The number of benzene rings is 1. The molecule has 3 aromatic rings. The molecule has 0 saturated carbocycles. The SMILES string of the molecule is C[C@@H]1CN(C(N)=O)[C@H](C)CN1CCOc1ccc(Oc2nc3ncccc3s2)cc1. The first kappa shape index (κ1) is 20.4. The number of carbonyl (C=O) groups is 1. The number of thiazole rings is 1. The second-order valence-electron chi connectivity index (χ2n) is 7.41. The van der Waals surface area contributed by atoms with Gasteiger partial charge in [-0.25, -0.2) is 9.78 Å². The number of hydrogen-bond donors (Lipinski definition) is 1. The number of nitrogens with zero attached hydrogens (tertiary/aromatic N) is 4. The maximum Gasteiger partial charge on any atom is 0.315 e. The summed E-state index contributed by atoms with van der Waals surface area (Å²) in [7, 11) is 0. The fraction of sp³-hybridized carbons (Fsp3) is 0.381. The van der Waals surface area contributed by atoms with Crippen LogP contribution in [0.1, 0.15) is 13.8 Å². The van der Waals surface area contributed by atoms with Gasteiger partial charge in [-0.2, -0.15) is 4.98 Å². The molecule has 1 fully saturated rings. The summed E-state index contributed by atoms with van der Waals surface area (Å²) in [5.41, 5.74) is 6.14.